The summed E-state index contributed by atoms with van der Waals surface area (Å²) in [5.41, 5.74) is 0.0786. The van der Waals surface area contributed by atoms with Crippen LogP contribution in [-0.2, 0) is 16.9 Å². The van der Waals surface area contributed by atoms with Crippen molar-refractivity contribution in [2.24, 2.45) is 0 Å². The lowest BCUT2D eigenvalue weighted by Crippen LogP contribution is -2.51. The first-order valence-corrected chi connectivity index (χ1v) is 11.2. The highest BCUT2D eigenvalue weighted by molar-refractivity contribution is 7.09. The topological polar surface area (TPSA) is 59.9 Å². The number of piperidine rings is 2. The molecule has 1 aromatic rings. The summed E-state index contributed by atoms with van der Waals surface area (Å²) in [6.45, 7) is 12.4. The van der Waals surface area contributed by atoms with Gasteiger partial charge in [0.15, 0.2) is 0 Å². The lowest BCUT2D eigenvalue weighted by molar-refractivity contribution is -0.130. The molecule has 3 rings (SSSR count). The Bertz CT molecular complexity index is 615. The van der Waals surface area contributed by atoms with Crippen molar-refractivity contribution in [1.29, 1.82) is 0 Å². The van der Waals surface area contributed by atoms with E-state index in [0.29, 0.717) is 6.04 Å². The number of rotatable bonds is 6. The second kappa shape index (κ2) is 8.99. The minimum atomic E-state index is -0.783. The fraction of sp³-hybridized carbons (Fsp3) is 0.800. The number of amides is 1. The zero-order chi connectivity index (χ0) is 19.4. The second-order valence-corrected chi connectivity index (χ2v) is 8.84. The second-order valence-electron chi connectivity index (χ2n) is 7.89. The van der Waals surface area contributed by atoms with Crippen LogP contribution in [0.5, 0.6) is 0 Å². The Morgan fingerprint density at radius 1 is 1.26 bits per heavy atom. The summed E-state index contributed by atoms with van der Waals surface area (Å²) in [5, 5.41) is 14.3. The zero-order valence-corrected chi connectivity index (χ0v) is 17.8. The van der Waals surface area contributed by atoms with Gasteiger partial charge < -0.3 is 14.9 Å². The van der Waals surface area contributed by atoms with E-state index in [1.54, 1.807) is 18.3 Å². The minimum absolute atomic E-state index is 0.186. The van der Waals surface area contributed by atoms with Crippen LogP contribution in [-0.4, -0.2) is 76.0 Å². The normalized spacial score (nSPS) is 21.7. The van der Waals surface area contributed by atoms with Crippen LogP contribution in [0, 0.1) is 0 Å². The number of carbonyl (C=O) groups excluding carboxylic acids is 1. The molecule has 0 atom stereocenters. The summed E-state index contributed by atoms with van der Waals surface area (Å²) in [7, 11) is 0. The fourth-order valence-corrected chi connectivity index (χ4v) is 5.22. The van der Waals surface area contributed by atoms with E-state index in [1.807, 2.05) is 4.90 Å². The lowest BCUT2D eigenvalue weighted by Gasteiger charge is -2.43. The maximum atomic E-state index is 11.5. The Kier molecular flexibility index (Phi) is 6.89. The molecular weight excluding hydrogens is 360 g/mol. The van der Waals surface area contributed by atoms with Crippen molar-refractivity contribution in [2.75, 3.05) is 39.3 Å². The molecule has 0 unspecified atom stereocenters. The number of carbonyl (C=O) groups is 1. The monoisotopic (exact) mass is 394 g/mol. The van der Waals surface area contributed by atoms with E-state index in [4.69, 9.17) is 4.98 Å². The van der Waals surface area contributed by atoms with Gasteiger partial charge in [0.1, 0.15) is 10.6 Å². The Morgan fingerprint density at radius 3 is 2.44 bits per heavy atom. The van der Waals surface area contributed by atoms with E-state index in [0.717, 1.165) is 82.2 Å². The van der Waals surface area contributed by atoms with Gasteiger partial charge >= 0.3 is 0 Å². The Morgan fingerprint density at radius 2 is 1.89 bits per heavy atom. The smallest absolute Gasteiger partial charge is 0.219 e. The standard InChI is InChI=1S/C20H34N4O2S/c1-4-22(5-2)14-19-21-18(15-27-19)20(26)8-12-24(13-9-20)17-6-10-23(11-7-17)16(3)25/h15,17,26H,4-14H2,1-3H3. The van der Waals surface area contributed by atoms with E-state index in [9.17, 15) is 9.90 Å². The molecule has 0 spiro atoms. The van der Waals surface area contributed by atoms with Crippen LogP contribution in [0.1, 0.15) is 57.2 Å². The third kappa shape index (κ3) is 4.88. The van der Waals surface area contributed by atoms with Gasteiger partial charge in [-0.25, -0.2) is 4.98 Å². The van der Waals surface area contributed by atoms with Gasteiger partial charge in [0, 0.05) is 44.5 Å². The first kappa shape index (κ1) is 20.7. The lowest BCUT2D eigenvalue weighted by atomic mass is 9.87. The van der Waals surface area contributed by atoms with Gasteiger partial charge in [-0.1, -0.05) is 13.8 Å². The van der Waals surface area contributed by atoms with Gasteiger partial charge in [-0.2, -0.15) is 0 Å². The summed E-state index contributed by atoms with van der Waals surface area (Å²) in [6, 6.07) is 0.541. The molecule has 27 heavy (non-hydrogen) atoms. The van der Waals surface area contributed by atoms with Gasteiger partial charge in [0.2, 0.25) is 5.91 Å². The molecule has 2 aliphatic heterocycles. The third-order valence-corrected chi connectivity index (χ3v) is 7.17. The number of hydrogen-bond acceptors (Lipinski definition) is 6. The molecular formula is C20H34N4O2S. The maximum absolute atomic E-state index is 11.5. The predicted octanol–water partition coefficient (Wildman–Crippen LogP) is 2.28. The Labute approximate surface area is 167 Å². The molecule has 7 heteroatoms. The van der Waals surface area contributed by atoms with Crippen molar-refractivity contribution < 1.29 is 9.90 Å². The number of aromatic nitrogens is 1. The summed E-state index contributed by atoms with van der Waals surface area (Å²) >= 11 is 1.67. The highest BCUT2D eigenvalue weighted by Gasteiger charge is 2.38. The molecule has 2 fully saturated rings. The van der Waals surface area contributed by atoms with E-state index in [1.165, 1.54) is 0 Å². The van der Waals surface area contributed by atoms with Crippen LogP contribution < -0.4 is 0 Å². The maximum Gasteiger partial charge on any atom is 0.219 e. The van der Waals surface area contributed by atoms with Crippen molar-refractivity contribution in [3.05, 3.63) is 16.1 Å². The molecule has 0 radical (unpaired) electrons. The third-order valence-electron chi connectivity index (χ3n) is 6.33. The molecule has 3 heterocycles. The van der Waals surface area contributed by atoms with Crippen molar-refractivity contribution >= 4 is 17.2 Å². The molecule has 1 amide bonds. The molecule has 0 aliphatic carbocycles. The highest BCUT2D eigenvalue weighted by atomic mass is 32.1. The Balaban J connectivity index is 1.53. The highest BCUT2D eigenvalue weighted by Crippen LogP contribution is 2.35. The summed E-state index contributed by atoms with van der Waals surface area (Å²) in [5.74, 6) is 0.186. The zero-order valence-electron chi connectivity index (χ0n) is 17.0. The first-order valence-electron chi connectivity index (χ1n) is 10.3. The molecule has 0 bridgehead atoms. The van der Waals surface area contributed by atoms with Crippen LogP contribution in [0.15, 0.2) is 5.38 Å². The SMILES string of the molecule is CCN(CC)Cc1nc(C2(O)CCN(C3CCN(C(C)=O)CC3)CC2)cs1. The number of likely N-dealkylation sites (tertiary alicyclic amines) is 2. The van der Waals surface area contributed by atoms with E-state index in [2.05, 4.69) is 29.0 Å². The summed E-state index contributed by atoms with van der Waals surface area (Å²) < 4.78 is 0. The molecule has 2 aliphatic rings. The molecule has 152 valence electrons. The molecule has 1 aromatic heterocycles. The number of thiazole rings is 1. The minimum Gasteiger partial charge on any atom is -0.383 e. The Hall–Kier alpha value is -1.02. The summed E-state index contributed by atoms with van der Waals surface area (Å²) in [6.07, 6.45) is 3.58. The fourth-order valence-electron chi connectivity index (χ4n) is 4.30. The molecule has 1 N–H and O–H groups in total. The molecule has 0 aromatic carbocycles. The molecule has 6 nitrogen and oxygen atoms in total. The van der Waals surface area contributed by atoms with Crippen LogP contribution in [0.2, 0.25) is 0 Å². The van der Waals surface area contributed by atoms with Crippen LogP contribution >= 0.6 is 11.3 Å². The van der Waals surface area contributed by atoms with E-state index >= 15 is 0 Å². The average Bonchev–Trinajstić information content (AvgIpc) is 3.16. The van der Waals surface area contributed by atoms with Crippen LogP contribution in [0.3, 0.4) is 0 Å². The van der Waals surface area contributed by atoms with Crippen LogP contribution in [0.4, 0.5) is 0 Å². The van der Waals surface area contributed by atoms with Gasteiger partial charge in [-0.3, -0.25) is 9.69 Å². The van der Waals surface area contributed by atoms with Crippen molar-refractivity contribution in [2.45, 2.75) is 64.6 Å². The number of aliphatic hydroxyl groups is 1. The molecule has 0 saturated carbocycles. The largest absolute Gasteiger partial charge is 0.383 e. The number of hydrogen-bond donors (Lipinski definition) is 1. The van der Waals surface area contributed by atoms with Crippen molar-refractivity contribution in [1.82, 2.24) is 19.7 Å². The van der Waals surface area contributed by atoms with Gasteiger partial charge in [-0.05, 0) is 38.8 Å². The predicted molar refractivity (Wildman–Crippen MR) is 109 cm³/mol. The van der Waals surface area contributed by atoms with E-state index in [-0.39, 0.29) is 5.91 Å². The van der Waals surface area contributed by atoms with Gasteiger partial charge in [-0.15, -0.1) is 11.3 Å². The molecule has 2 saturated heterocycles. The van der Waals surface area contributed by atoms with Crippen molar-refractivity contribution in [3.8, 4) is 0 Å². The van der Waals surface area contributed by atoms with Crippen molar-refractivity contribution in [3.63, 3.8) is 0 Å². The number of nitrogens with zero attached hydrogens (tertiary/aromatic N) is 4. The summed E-state index contributed by atoms with van der Waals surface area (Å²) in [4.78, 5) is 23.1. The van der Waals surface area contributed by atoms with Gasteiger partial charge in [0.25, 0.3) is 0 Å². The van der Waals surface area contributed by atoms with E-state index < -0.39 is 5.60 Å². The quantitative estimate of drug-likeness (QED) is 0.802. The first-order chi connectivity index (χ1) is 12.9. The average molecular weight is 395 g/mol. The van der Waals surface area contributed by atoms with Crippen LogP contribution in [0.25, 0.3) is 0 Å². The van der Waals surface area contributed by atoms with Gasteiger partial charge in [0.05, 0.1) is 12.2 Å².